The summed E-state index contributed by atoms with van der Waals surface area (Å²) in [4.78, 5) is 10.9. The zero-order valence-electron chi connectivity index (χ0n) is 15.6. The largest absolute Gasteiger partial charge is 0.493 e. The average molecular weight is 411 g/mol. The summed E-state index contributed by atoms with van der Waals surface area (Å²) in [5, 5.41) is 13.7. The number of rotatable bonds is 8. The normalized spacial score (nSPS) is 10.7. The molecule has 2 N–H and O–H groups in total. The maximum atomic E-state index is 10.9. The first-order valence-corrected chi connectivity index (χ1v) is 9.10. The van der Waals surface area contributed by atoms with Gasteiger partial charge in [-0.1, -0.05) is 23.7 Å². The fraction of sp³-hybridized carbons (Fsp3) is 0.0909. The quantitative estimate of drug-likeness (QED) is 0.400. The molecule has 0 fully saturated rings. The van der Waals surface area contributed by atoms with Crippen LogP contribution < -0.4 is 14.9 Å². The van der Waals surface area contributed by atoms with E-state index in [1.807, 2.05) is 42.5 Å². The lowest BCUT2D eigenvalue weighted by Gasteiger charge is -2.11. The van der Waals surface area contributed by atoms with Gasteiger partial charge in [-0.2, -0.15) is 5.10 Å². The number of anilines is 1. The number of aromatic carboxylic acids is 1. The van der Waals surface area contributed by atoms with Gasteiger partial charge in [0.2, 0.25) is 0 Å². The van der Waals surface area contributed by atoms with E-state index in [1.165, 1.54) is 12.1 Å². The molecule has 3 aromatic rings. The van der Waals surface area contributed by atoms with E-state index in [4.69, 9.17) is 26.2 Å². The molecule has 0 radical (unpaired) electrons. The van der Waals surface area contributed by atoms with Crippen LogP contribution in [0.15, 0.2) is 71.8 Å². The summed E-state index contributed by atoms with van der Waals surface area (Å²) in [5.41, 5.74) is 5.53. The van der Waals surface area contributed by atoms with E-state index in [0.29, 0.717) is 28.8 Å². The van der Waals surface area contributed by atoms with E-state index < -0.39 is 5.97 Å². The summed E-state index contributed by atoms with van der Waals surface area (Å²) >= 11 is 5.99. The molecular weight excluding hydrogens is 392 g/mol. The fourth-order valence-corrected chi connectivity index (χ4v) is 2.75. The van der Waals surface area contributed by atoms with Gasteiger partial charge in [0, 0.05) is 5.02 Å². The number of ether oxygens (including phenoxy) is 2. The second-order valence-electron chi connectivity index (χ2n) is 6.08. The van der Waals surface area contributed by atoms with Crippen molar-refractivity contribution in [3.63, 3.8) is 0 Å². The van der Waals surface area contributed by atoms with Crippen molar-refractivity contribution >= 4 is 29.5 Å². The number of carboxylic acids is 1. The number of nitrogens with one attached hydrogen (secondary N) is 1. The van der Waals surface area contributed by atoms with Crippen LogP contribution >= 0.6 is 11.6 Å². The molecule has 148 valence electrons. The van der Waals surface area contributed by atoms with Gasteiger partial charge in [-0.15, -0.1) is 0 Å². The van der Waals surface area contributed by atoms with Gasteiger partial charge in [0.25, 0.3) is 0 Å². The summed E-state index contributed by atoms with van der Waals surface area (Å²) in [7, 11) is 1.57. The number of hydrogen-bond donors (Lipinski definition) is 2. The topological polar surface area (TPSA) is 80.2 Å². The molecule has 0 saturated carbocycles. The monoisotopic (exact) mass is 410 g/mol. The molecule has 29 heavy (non-hydrogen) atoms. The zero-order valence-corrected chi connectivity index (χ0v) is 16.4. The van der Waals surface area contributed by atoms with Crippen LogP contribution in [0.4, 0.5) is 5.69 Å². The molecule has 0 heterocycles. The van der Waals surface area contributed by atoms with Gasteiger partial charge in [-0.3, -0.25) is 5.43 Å². The first kappa shape index (κ1) is 20.2. The third kappa shape index (κ3) is 5.73. The molecule has 0 aliphatic rings. The molecular formula is C22H19ClN2O4. The SMILES string of the molecule is COc1cc(/C=N\Nc2ccc(C(=O)O)cc2)ccc1OCc1cccc(Cl)c1. The van der Waals surface area contributed by atoms with Gasteiger partial charge in [-0.25, -0.2) is 4.79 Å². The van der Waals surface area contributed by atoms with E-state index >= 15 is 0 Å². The fourth-order valence-electron chi connectivity index (χ4n) is 2.54. The first-order valence-electron chi connectivity index (χ1n) is 8.73. The Kier molecular flexibility index (Phi) is 6.71. The Morgan fingerprint density at radius 2 is 1.90 bits per heavy atom. The molecule has 3 aromatic carbocycles. The third-order valence-electron chi connectivity index (χ3n) is 4.01. The van der Waals surface area contributed by atoms with E-state index in [2.05, 4.69) is 10.5 Å². The van der Waals surface area contributed by atoms with Crippen LogP contribution in [0.2, 0.25) is 5.02 Å². The number of carboxylic acid groups (broad SMARTS) is 1. The van der Waals surface area contributed by atoms with Crippen molar-refractivity contribution in [2.45, 2.75) is 6.61 Å². The molecule has 0 amide bonds. The molecule has 0 saturated heterocycles. The second kappa shape index (κ2) is 9.61. The maximum Gasteiger partial charge on any atom is 0.335 e. The minimum atomic E-state index is -0.968. The molecule has 3 rings (SSSR count). The number of carbonyl (C=O) groups is 1. The predicted molar refractivity (Wildman–Crippen MR) is 113 cm³/mol. The van der Waals surface area contributed by atoms with Crippen molar-refractivity contribution in [1.82, 2.24) is 0 Å². The molecule has 0 spiro atoms. The van der Waals surface area contributed by atoms with E-state index in [-0.39, 0.29) is 5.56 Å². The van der Waals surface area contributed by atoms with Crippen molar-refractivity contribution in [3.05, 3.63) is 88.4 Å². The summed E-state index contributed by atoms with van der Waals surface area (Å²) in [5.74, 6) is 0.230. The molecule has 7 heteroatoms. The smallest absolute Gasteiger partial charge is 0.335 e. The first-order chi connectivity index (χ1) is 14.0. The minimum Gasteiger partial charge on any atom is -0.493 e. The summed E-state index contributed by atoms with van der Waals surface area (Å²) in [6, 6.07) is 19.3. The third-order valence-corrected chi connectivity index (χ3v) is 4.25. The Morgan fingerprint density at radius 3 is 2.59 bits per heavy atom. The van der Waals surface area contributed by atoms with Crippen LogP contribution in [0.1, 0.15) is 21.5 Å². The standard InChI is InChI=1S/C22H19ClN2O4/c1-28-21-12-15(13-24-25-19-8-6-17(7-9-19)22(26)27)5-10-20(21)29-14-16-3-2-4-18(23)11-16/h2-13,25H,14H2,1H3,(H,26,27)/b24-13-. The highest BCUT2D eigenvalue weighted by Gasteiger charge is 2.06. The lowest BCUT2D eigenvalue weighted by Crippen LogP contribution is -1.99. The Balaban J connectivity index is 1.63. The number of methoxy groups -OCH3 is 1. The Bertz CT molecular complexity index is 1020. The van der Waals surface area contributed by atoms with Crippen LogP contribution in [-0.2, 0) is 6.61 Å². The van der Waals surface area contributed by atoms with Crippen LogP contribution in [0.25, 0.3) is 0 Å². The highest BCUT2D eigenvalue weighted by Crippen LogP contribution is 2.28. The number of halogens is 1. The van der Waals surface area contributed by atoms with Crippen LogP contribution in [0.5, 0.6) is 11.5 Å². The van der Waals surface area contributed by atoms with Crippen molar-refractivity contribution in [2.75, 3.05) is 12.5 Å². The number of nitrogens with zero attached hydrogens (tertiary/aromatic N) is 1. The molecule has 0 aromatic heterocycles. The van der Waals surface area contributed by atoms with Gasteiger partial charge >= 0.3 is 5.97 Å². The molecule has 6 nitrogen and oxygen atoms in total. The number of hydrogen-bond acceptors (Lipinski definition) is 5. The van der Waals surface area contributed by atoms with Crippen LogP contribution in [0.3, 0.4) is 0 Å². The van der Waals surface area contributed by atoms with Gasteiger partial charge in [0.15, 0.2) is 11.5 Å². The average Bonchev–Trinajstić information content (AvgIpc) is 2.73. The highest BCUT2D eigenvalue weighted by atomic mass is 35.5. The lowest BCUT2D eigenvalue weighted by molar-refractivity contribution is 0.0697. The summed E-state index contributed by atoms with van der Waals surface area (Å²) in [6.45, 7) is 0.373. The molecule has 0 atom stereocenters. The highest BCUT2D eigenvalue weighted by molar-refractivity contribution is 6.30. The Hall–Kier alpha value is -3.51. The van der Waals surface area contributed by atoms with Crippen molar-refractivity contribution in [1.29, 1.82) is 0 Å². The van der Waals surface area contributed by atoms with Crippen LogP contribution in [0, 0.1) is 0 Å². The minimum absolute atomic E-state index is 0.220. The molecule has 0 aliphatic heterocycles. The Morgan fingerprint density at radius 1 is 1.10 bits per heavy atom. The van der Waals surface area contributed by atoms with Crippen molar-refractivity contribution < 1.29 is 19.4 Å². The second-order valence-corrected chi connectivity index (χ2v) is 6.52. The van der Waals surface area contributed by atoms with Gasteiger partial charge in [-0.05, 0) is 65.7 Å². The zero-order chi connectivity index (χ0) is 20.6. The van der Waals surface area contributed by atoms with E-state index in [0.717, 1.165) is 11.1 Å². The molecule has 0 aliphatic carbocycles. The molecule has 0 bridgehead atoms. The summed E-state index contributed by atoms with van der Waals surface area (Å²) in [6.07, 6.45) is 1.63. The van der Waals surface area contributed by atoms with E-state index in [9.17, 15) is 4.79 Å². The summed E-state index contributed by atoms with van der Waals surface area (Å²) < 4.78 is 11.2. The van der Waals surface area contributed by atoms with Gasteiger partial charge < -0.3 is 14.6 Å². The van der Waals surface area contributed by atoms with Crippen LogP contribution in [-0.4, -0.2) is 24.4 Å². The van der Waals surface area contributed by atoms with E-state index in [1.54, 1.807) is 25.5 Å². The number of hydrazone groups is 1. The Labute approximate surface area is 173 Å². The van der Waals surface area contributed by atoms with Gasteiger partial charge in [0.1, 0.15) is 6.61 Å². The maximum absolute atomic E-state index is 10.9. The molecule has 0 unspecified atom stereocenters. The van der Waals surface area contributed by atoms with Crippen molar-refractivity contribution in [3.8, 4) is 11.5 Å². The number of benzene rings is 3. The predicted octanol–water partition coefficient (Wildman–Crippen LogP) is 5.07. The van der Waals surface area contributed by atoms with Crippen molar-refractivity contribution in [2.24, 2.45) is 5.10 Å². The lowest BCUT2D eigenvalue weighted by atomic mass is 10.2. The van der Waals surface area contributed by atoms with Gasteiger partial charge in [0.05, 0.1) is 24.6 Å².